The summed E-state index contributed by atoms with van der Waals surface area (Å²) in [7, 11) is -1.92. The largest absolute Gasteiger partial charge is 0.494 e. The van der Waals surface area contributed by atoms with Crippen LogP contribution in [0.2, 0.25) is 0 Å². The molecule has 0 radical (unpaired) electrons. The van der Waals surface area contributed by atoms with Crippen LogP contribution in [0.15, 0.2) is 28.7 Å². The van der Waals surface area contributed by atoms with Crippen LogP contribution in [0.5, 0.6) is 5.75 Å². The molecule has 1 rings (SSSR count). The monoisotopic (exact) mass is 335 g/mol. The average molecular weight is 335 g/mol. The van der Waals surface area contributed by atoms with Gasteiger partial charge in [0.25, 0.3) is 0 Å². The molecule has 124 valence electrons. The second kappa shape index (κ2) is 8.92. The normalized spacial score (nSPS) is 14.0. The molecule has 0 spiro atoms. The quantitative estimate of drug-likeness (QED) is 0.525. The van der Waals surface area contributed by atoms with Crippen LogP contribution in [0.4, 0.5) is 13.2 Å². The van der Waals surface area contributed by atoms with Gasteiger partial charge in [-0.1, -0.05) is 26.2 Å². The highest BCUT2D eigenvalue weighted by Gasteiger charge is 2.37. The maximum absolute atomic E-state index is 12.9. The topological polar surface area (TPSA) is 38.7 Å². The number of rotatable bonds is 8. The molecule has 0 aliphatic heterocycles. The van der Waals surface area contributed by atoms with E-state index in [1.807, 2.05) is 0 Å². The summed E-state index contributed by atoms with van der Waals surface area (Å²) in [4.78, 5) is 0. The van der Waals surface area contributed by atoms with Gasteiger partial charge >= 0.3 is 6.18 Å². The number of hydrogen-bond acceptors (Lipinski definition) is 2. The standard InChI is InChI=1S/C15H20F3NO2S/c1-3-4-5-6-11-21-13-9-7-12(8-10-13)14(15(16,17)18)19-22(2)20/h7-10H,3-6,11H2,1-2H3/t22-/m0/s1. The first kappa shape index (κ1) is 18.7. The molecule has 0 aliphatic carbocycles. The van der Waals surface area contributed by atoms with E-state index in [9.17, 15) is 17.4 Å². The molecule has 0 saturated carbocycles. The Bertz CT molecular complexity index is 513. The highest BCUT2D eigenvalue weighted by atomic mass is 32.2. The molecular formula is C15H20F3NO2S. The zero-order valence-corrected chi connectivity index (χ0v) is 13.5. The van der Waals surface area contributed by atoms with Crippen LogP contribution >= 0.6 is 0 Å². The Morgan fingerprint density at radius 3 is 2.32 bits per heavy atom. The molecule has 0 bridgehead atoms. The lowest BCUT2D eigenvalue weighted by Crippen LogP contribution is -2.24. The number of nitrogens with zero attached hydrogens (tertiary/aromatic N) is 1. The second-order valence-corrected chi connectivity index (χ2v) is 5.83. The molecule has 3 nitrogen and oxygen atoms in total. The molecule has 0 fully saturated rings. The molecule has 0 amide bonds. The summed E-state index contributed by atoms with van der Waals surface area (Å²) in [5, 5.41) is 0. The Morgan fingerprint density at radius 1 is 1.18 bits per heavy atom. The fourth-order valence-electron chi connectivity index (χ4n) is 1.82. The van der Waals surface area contributed by atoms with Crippen LogP contribution in [-0.2, 0) is 11.0 Å². The van der Waals surface area contributed by atoms with E-state index in [1.165, 1.54) is 24.3 Å². The lowest BCUT2D eigenvalue weighted by molar-refractivity contribution is -0.0578. The van der Waals surface area contributed by atoms with Gasteiger partial charge in [0.2, 0.25) is 0 Å². The Labute approximate surface area is 131 Å². The van der Waals surface area contributed by atoms with Crippen molar-refractivity contribution in [2.24, 2.45) is 4.40 Å². The van der Waals surface area contributed by atoms with E-state index < -0.39 is 22.9 Å². The fraction of sp³-hybridized carbons (Fsp3) is 0.533. The van der Waals surface area contributed by atoms with E-state index in [-0.39, 0.29) is 5.56 Å². The summed E-state index contributed by atoms with van der Waals surface area (Å²) in [6.07, 6.45) is 0.712. The number of benzene rings is 1. The van der Waals surface area contributed by atoms with Gasteiger partial charge in [-0.25, -0.2) is 4.21 Å². The lowest BCUT2D eigenvalue weighted by atomic mass is 10.1. The van der Waals surface area contributed by atoms with E-state index in [1.54, 1.807) is 0 Å². The minimum atomic E-state index is -4.64. The van der Waals surface area contributed by atoms with Gasteiger partial charge in [-0.3, -0.25) is 0 Å². The summed E-state index contributed by atoms with van der Waals surface area (Å²) in [5.41, 5.74) is -1.26. The van der Waals surface area contributed by atoms with Crippen molar-refractivity contribution in [1.29, 1.82) is 0 Å². The summed E-state index contributed by atoms with van der Waals surface area (Å²) in [6, 6.07) is 5.49. The smallest absolute Gasteiger partial charge is 0.434 e. The molecule has 1 aromatic rings. The minimum Gasteiger partial charge on any atom is -0.494 e. The van der Waals surface area contributed by atoms with Crippen LogP contribution in [0.3, 0.4) is 0 Å². The molecule has 7 heteroatoms. The molecule has 1 aromatic carbocycles. The predicted octanol–water partition coefficient (Wildman–Crippen LogP) is 4.29. The van der Waals surface area contributed by atoms with E-state index in [4.69, 9.17) is 4.74 Å². The van der Waals surface area contributed by atoms with Gasteiger partial charge in [0.05, 0.1) is 6.61 Å². The van der Waals surface area contributed by atoms with Crippen molar-refractivity contribution in [2.45, 2.75) is 38.8 Å². The van der Waals surface area contributed by atoms with Crippen LogP contribution in [0.1, 0.15) is 38.2 Å². The minimum absolute atomic E-state index is 0.124. The van der Waals surface area contributed by atoms with E-state index >= 15 is 0 Å². The van der Waals surface area contributed by atoms with Crippen molar-refractivity contribution in [3.05, 3.63) is 29.8 Å². The number of halogens is 3. The van der Waals surface area contributed by atoms with Gasteiger partial charge in [-0.05, 0) is 30.7 Å². The van der Waals surface area contributed by atoms with E-state index in [2.05, 4.69) is 11.3 Å². The van der Waals surface area contributed by atoms with Gasteiger partial charge < -0.3 is 4.74 Å². The fourth-order valence-corrected chi connectivity index (χ4v) is 2.29. The van der Waals surface area contributed by atoms with Gasteiger partial charge in [0.15, 0.2) is 5.71 Å². The van der Waals surface area contributed by atoms with Crippen LogP contribution in [0, 0.1) is 0 Å². The SMILES string of the molecule is CCCCCCOc1ccc(C(=N[S@](C)=O)C(F)(F)F)cc1. The van der Waals surface area contributed by atoms with Crippen molar-refractivity contribution in [3.63, 3.8) is 0 Å². The lowest BCUT2D eigenvalue weighted by Gasteiger charge is -2.11. The molecule has 0 saturated heterocycles. The Morgan fingerprint density at radius 2 is 1.82 bits per heavy atom. The van der Waals surface area contributed by atoms with Crippen LogP contribution < -0.4 is 4.74 Å². The van der Waals surface area contributed by atoms with Gasteiger partial charge in [0.1, 0.15) is 16.7 Å². The highest BCUT2D eigenvalue weighted by molar-refractivity contribution is 7.83. The Balaban J connectivity index is 2.72. The number of unbranched alkanes of at least 4 members (excludes halogenated alkanes) is 3. The van der Waals surface area contributed by atoms with Crippen molar-refractivity contribution in [2.75, 3.05) is 12.9 Å². The van der Waals surface area contributed by atoms with Gasteiger partial charge in [-0.15, -0.1) is 0 Å². The van der Waals surface area contributed by atoms with Gasteiger partial charge in [-0.2, -0.15) is 17.6 Å². The third-order valence-electron chi connectivity index (χ3n) is 2.88. The van der Waals surface area contributed by atoms with Crippen molar-refractivity contribution in [3.8, 4) is 5.75 Å². The molecular weight excluding hydrogens is 315 g/mol. The summed E-state index contributed by atoms with van der Waals surface area (Å²) in [6.45, 7) is 2.65. The van der Waals surface area contributed by atoms with Crippen LogP contribution in [-0.4, -0.2) is 29.0 Å². The Kier molecular flexibility index (Phi) is 7.58. The van der Waals surface area contributed by atoms with E-state index in [0.29, 0.717) is 12.4 Å². The first-order valence-corrected chi connectivity index (χ1v) is 8.58. The summed E-state index contributed by atoms with van der Waals surface area (Å²) >= 11 is 0. The second-order valence-electron chi connectivity index (χ2n) is 4.79. The molecule has 0 aliphatic rings. The molecule has 22 heavy (non-hydrogen) atoms. The number of hydrogen-bond donors (Lipinski definition) is 0. The summed E-state index contributed by atoms with van der Waals surface area (Å²) in [5.74, 6) is 0.513. The van der Waals surface area contributed by atoms with Crippen molar-refractivity contribution >= 4 is 16.7 Å². The third-order valence-corrected chi connectivity index (χ3v) is 3.32. The third kappa shape index (κ3) is 6.60. The average Bonchev–Trinajstić information content (AvgIpc) is 2.44. The van der Waals surface area contributed by atoms with E-state index in [0.717, 1.165) is 31.9 Å². The maximum atomic E-state index is 12.9. The van der Waals surface area contributed by atoms with Crippen LogP contribution in [0.25, 0.3) is 0 Å². The summed E-state index contributed by atoms with van der Waals surface area (Å²) < 4.78 is 58.3. The predicted molar refractivity (Wildman–Crippen MR) is 82.7 cm³/mol. The molecule has 1 atom stereocenters. The zero-order chi connectivity index (χ0) is 16.6. The van der Waals surface area contributed by atoms with Gasteiger partial charge in [0, 0.05) is 11.8 Å². The molecule has 0 unspecified atom stereocenters. The molecule has 0 N–H and O–H groups in total. The van der Waals surface area contributed by atoms with Crippen molar-refractivity contribution in [1.82, 2.24) is 0 Å². The number of ether oxygens (including phenoxy) is 1. The molecule has 0 heterocycles. The van der Waals surface area contributed by atoms with Crippen molar-refractivity contribution < 1.29 is 22.1 Å². The first-order chi connectivity index (χ1) is 10.3. The number of alkyl halides is 3. The molecule has 0 aromatic heterocycles. The zero-order valence-electron chi connectivity index (χ0n) is 12.7. The first-order valence-electron chi connectivity index (χ1n) is 7.07. The maximum Gasteiger partial charge on any atom is 0.434 e. The highest BCUT2D eigenvalue weighted by Crippen LogP contribution is 2.24. The Hall–Kier alpha value is -1.37.